The molecule has 15 nitrogen and oxygen atoms in total. The molecule has 2 N–H and O–H groups in total. The number of aryl methyl sites for hydroxylation is 2. The standard InChI is InChI=1S/C75H95N3O12/c1-8-74(4,5)69(82)64(79)36-19-11-10-14-26-54(3)72(85)89-65(43-41-55-27-15-12-16-28-55)59-31-22-33-61(52-59)87-48-24-45-76-67(80)50-57-37-39-58(40-38-57)51-68(81)77-46-25-49-88-62-34-23-32-60(53-62)66(44-42-56-29-17-13-18-30-56)90-73(86)63-35-20-21-47-78(63)71(84)70(83)75(6,7)9-2/h12-13,15-19,22-23,27-34,36-40,52-54,63,65-66H,8-11,14,20-21,24-26,35,41-51H2,1-7H3,(H,76,80)(H,77,81)/b36-19+/t54-,63?,65?,66+/m0/s1. The van der Waals surface area contributed by atoms with E-state index in [0.29, 0.717) is 121 Å². The SMILES string of the molecule is CCC(C)(C)C(=O)C(=O)/C=C/CCCC[C@H](C)C(=O)OC(CCc1ccccc1)c1cccc(OCCCNC(=O)Cc2ccc(CC(=O)NCCCOc3cccc([C@@H](CCc4ccccc4)OC(=O)C4CCCCN4C(=O)C(=O)C(C)(C)CC)c3)cc2)c1. The van der Waals surface area contributed by atoms with Crippen molar-refractivity contribution in [2.45, 2.75) is 176 Å². The lowest BCUT2D eigenvalue weighted by atomic mass is 9.83. The number of hydrogen-bond acceptors (Lipinski definition) is 12. The number of ketones is 3. The van der Waals surface area contributed by atoms with Gasteiger partial charge >= 0.3 is 11.9 Å². The first-order valence-corrected chi connectivity index (χ1v) is 32.4. The molecule has 1 heterocycles. The van der Waals surface area contributed by atoms with Gasteiger partial charge in [-0.15, -0.1) is 0 Å². The zero-order valence-corrected chi connectivity index (χ0v) is 54.1. The Morgan fingerprint density at radius 1 is 0.567 bits per heavy atom. The summed E-state index contributed by atoms with van der Waals surface area (Å²) in [6.45, 7) is 14.5. The number of unbranched alkanes of at least 4 members (excludes halogenated alkanes) is 2. The van der Waals surface area contributed by atoms with Crippen molar-refractivity contribution in [1.29, 1.82) is 0 Å². The van der Waals surface area contributed by atoms with Crippen molar-refractivity contribution < 1.29 is 57.3 Å². The molecule has 5 aromatic rings. The molecular weight excluding hydrogens is 1130 g/mol. The minimum atomic E-state index is -0.849. The maximum absolute atomic E-state index is 14.0. The number of Topliss-reactive ketones (excluding diaryl/α,β-unsaturated/α-hetero) is 2. The summed E-state index contributed by atoms with van der Waals surface area (Å²) >= 11 is 0. The molecule has 5 aromatic carbocycles. The summed E-state index contributed by atoms with van der Waals surface area (Å²) in [5, 5.41) is 5.94. The number of carbonyl (C=O) groups is 8. The molecule has 3 amide bonds. The Kier molecular flexibility index (Phi) is 28.7. The molecule has 0 saturated carbocycles. The highest BCUT2D eigenvalue weighted by Crippen LogP contribution is 2.32. The molecule has 1 aliphatic rings. The van der Waals surface area contributed by atoms with Gasteiger partial charge in [0.25, 0.3) is 5.91 Å². The van der Waals surface area contributed by atoms with E-state index < -0.39 is 52.5 Å². The third-order valence-corrected chi connectivity index (χ3v) is 17.0. The van der Waals surface area contributed by atoms with Gasteiger partial charge in [0.2, 0.25) is 29.2 Å². The maximum atomic E-state index is 14.0. The van der Waals surface area contributed by atoms with Gasteiger partial charge in [-0.1, -0.05) is 170 Å². The molecule has 15 heteroatoms. The average molecular weight is 1230 g/mol. The van der Waals surface area contributed by atoms with Gasteiger partial charge in [-0.3, -0.25) is 33.6 Å². The normalized spacial score (nSPS) is 14.4. The Morgan fingerprint density at radius 3 is 1.58 bits per heavy atom. The van der Waals surface area contributed by atoms with Gasteiger partial charge in [-0.2, -0.15) is 0 Å². The molecular formula is C75H95N3O12. The van der Waals surface area contributed by atoms with Gasteiger partial charge in [-0.05, 0) is 154 Å². The number of hydrogen-bond donors (Lipinski definition) is 2. The minimum absolute atomic E-state index is 0.130. The first kappa shape index (κ1) is 70.9. The Hall–Kier alpha value is -8.20. The molecule has 1 aliphatic heterocycles. The van der Waals surface area contributed by atoms with Crippen LogP contribution in [0.4, 0.5) is 0 Å². The number of carbonyl (C=O) groups excluding carboxylic acids is 8. The molecule has 0 spiro atoms. The summed E-state index contributed by atoms with van der Waals surface area (Å²) in [6.07, 6.45) is 11.7. The molecule has 482 valence electrons. The second kappa shape index (κ2) is 36.5. The molecule has 2 unspecified atom stereocenters. The molecule has 90 heavy (non-hydrogen) atoms. The van der Waals surface area contributed by atoms with Crippen LogP contribution in [0, 0.1) is 16.7 Å². The fraction of sp³-hybridized carbons (Fsp3) is 0.467. The van der Waals surface area contributed by atoms with Crippen molar-refractivity contribution in [3.05, 3.63) is 179 Å². The van der Waals surface area contributed by atoms with E-state index in [2.05, 4.69) is 22.8 Å². The number of esters is 2. The topological polar surface area (TPSA) is 201 Å². The number of piperidine rings is 1. The van der Waals surface area contributed by atoms with Crippen LogP contribution < -0.4 is 20.1 Å². The number of amides is 3. The third-order valence-electron chi connectivity index (χ3n) is 17.0. The number of rotatable bonds is 38. The Morgan fingerprint density at radius 2 is 1.07 bits per heavy atom. The van der Waals surface area contributed by atoms with Gasteiger partial charge in [0.15, 0.2) is 0 Å². The number of benzene rings is 5. The highest BCUT2D eigenvalue weighted by Gasteiger charge is 2.41. The number of nitrogens with one attached hydrogen (secondary N) is 2. The first-order chi connectivity index (χ1) is 43.3. The maximum Gasteiger partial charge on any atom is 0.329 e. The number of ether oxygens (including phenoxy) is 4. The van der Waals surface area contributed by atoms with E-state index in [4.69, 9.17) is 18.9 Å². The van der Waals surface area contributed by atoms with Crippen LogP contribution >= 0.6 is 0 Å². The van der Waals surface area contributed by atoms with E-state index in [-0.39, 0.29) is 42.3 Å². The van der Waals surface area contributed by atoms with E-state index >= 15 is 0 Å². The van der Waals surface area contributed by atoms with E-state index in [1.54, 1.807) is 33.8 Å². The summed E-state index contributed by atoms with van der Waals surface area (Å²) < 4.78 is 24.7. The van der Waals surface area contributed by atoms with Crippen LogP contribution in [0.5, 0.6) is 11.5 Å². The van der Waals surface area contributed by atoms with Crippen molar-refractivity contribution in [1.82, 2.24) is 15.5 Å². The number of likely N-dealkylation sites (tertiary alicyclic amines) is 1. The third kappa shape index (κ3) is 23.3. The van der Waals surface area contributed by atoms with Crippen LogP contribution in [0.3, 0.4) is 0 Å². The van der Waals surface area contributed by atoms with Gasteiger partial charge < -0.3 is 34.5 Å². The number of allylic oxidation sites excluding steroid dienone is 2. The number of nitrogens with zero attached hydrogens (tertiary/aromatic N) is 1. The summed E-state index contributed by atoms with van der Waals surface area (Å²) in [6, 6.07) is 41.6. The lowest BCUT2D eigenvalue weighted by Gasteiger charge is -2.36. The van der Waals surface area contributed by atoms with E-state index in [0.717, 1.165) is 52.6 Å². The van der Waals surface area contributed by atoms with Crippen LogP contribution in [-0.2, 0) is 73.5 Å². The molecule has 0 aromatic heterocycles. The lowest BCUT2D eigenvalue weighted by Crippen LogP contribution is -2.53. The fourth-order valence-electron chi connectivity index (χ4n) is 10.4. The monoisotopic (exact) mass is 1230 g/mol. The molecule has 6 rings (SSSR count). The zero-order chi connectivity index (χ0) is 64.9. The molecule has 1 fully saturated rings. The van der Waals surface area contributed by atoms with Crippen molar-refractivity contribution in [2.75, 3.05) is 32.8 Å². The molecule has 0 radical (unpaired) electrons. The van der Waals surface area contributed by atoms with Crippen molar-refractivity contribution in [3.8, 4) is 11.5 Å². The zero-order valence-electron chi connectivity index (χ0n) is 54.1. The van der Waals surface area contributed by atoms with Crippen LogP contribution in [0.1, 0.15) is 178 Å². The van der Waals surface area contributed by atoms with Crippen molar-refractivity contribution >= 4 is 47.0 Å². The highest BCUT2D eigenvalue weighted by molar-refractivity contribution is 6.43. The summed E-state index contributed by atoms with van der Waals surface area (Å²) in [5.41, 5.74) is 3.93. The minimum Gasteiger partial charge on any atom is -0.494 e. The van der Waals surface area contributed by atoms with E-state index in [1.807, 2.05) is 142 Å². The van der Waals surface area contributed by atoms with Crippen LogP contribution in [0.25, 0.3) is 0 Å². The fourth-order valence-corrected chi connectivity index (χ4v) is 10.4. The quantitative estimate of drug-likeness (QED) is 0.0164. The van der Waals surface area contributed by atoms with Gasteiger partial charge in [0, 0.05) is 30.5 Å². The average Bonchev–Trinajstić information content (AvgIpc) is 1.14. The predicted molar refractivity (Wildman–Crippen MR) is 349 cm³/mol. The molecule has 0 bridgehead atoms. The van der Waals surface area contributed by atoms with Crippen LogP contribution in [-0.4, -0.2) is 90.8 Å². The van der Waals surface area contributed by atoms with Crippen molar-refractivity contribution in [3.63, 3.8) is 0 Å². The first-order valence-electron chi connectivity index (χ1n) is 32.4. The van der Waals surface area contributed by atoms with Crippen LogP contribution in [0.15, 0.2) is 146 Å². The van der Waals surface area contributed by atoms with Crippen LogP contribution in [0.2, 0.25) is 0 Å². The van der Waals surface area contributed by atoms with Gasteiger partial charge in [0.1, 0.15) is 29.7 Å². The van der Waals surface area contributed by atoms with E-state index in [1.165, 1.54) is 11.0 Å². The highest BCUT2D eigenvalue weighted by atomic mass is 16.5. The van der Waals surface area contributed by atoms with Gasteiger partial charge in [0.05, 0.1) is 32.0 Å². The lowest BCUT2D eigenvalue weighted by molar-refractivity contribution is -0.164. The smallest absolute Gasteiger partial charge is 0.329 e. The predicted octanol–water partition coefficient (Wildman–Crippen LogP) is 13.1. The molecule has 1 saturated heterocycles. The Bertz CT molecular complexity index is 3160. The summed E-state index contributed by atoms with van der Waals surface area (Å²) in [7, 11) is 0. The summed E-state index contributed by atoms with van der Waals surface area (Å²) in [5.74, 6) is -2.16. The molecule has 4 atom stereocenters. The summed E-state index contributed by atoms with van der Waals surface area (Å²) in [4.78, 5) is 106. The Balaban J connectivity index is 0.893. The molecule has 0 aliphatic carbocycles. The van der Waals surface area contributed by atoms with E-state index in [9.17, 15) is 38.4 Å². The largest absolute Gasteiger partial charge is 0.494 e. The van der Waals surface area contributed by atoms with Gasteiger partial charge in [-0.25, -0.2) is 4.79 Å². The second-order valence-corrected chi connectivity index (χ2v) is 24.9. The van der Waals surface area contributed by atoms with Crippen molar-refractivity contribution in [2.24, 2.45) is 16.7 Å². The Labute approximate surface area is 533 Å². The second-order valence-electron chi connectivity index (χ2n) is 24.9.